The molecule has 1 fully saturated rings. The molecule has 102 valence electrons. The Hall–Kier alpha value is -1.29. The summed E-state index contributed by atoms with van der Waals surface area (Å²) in [5, 5.41) is 0. The third kappa shape index (κ3) is 2.54. The molecule has 1 aliphatic heterocycles. The van der Waals surface area contributed by atoms with Crippen molar-refractivity contribution in [1.29, 1.82) is 0 Å². The van der Waals surface area contributed by atoms with E-state index >= 15 is 0 Å². The monoisotopic (exact) mass is 267 g/mol. The molecule has 3 rings (SSSR count). The average molecular weight is 267 g/mol. The Kier molecular flexibility index (Phi) is 3.13. The molecule has 0 aromatic heterocycles. The van der Waals surface area contributed by atoms with Crippen molar-refractivity contribution >= 4 is 5.57 Å². The van der Waals surface area contributed by atoms with Crippen LogP contribution in [-0.2, 0) is 6.42 Å². The van der Waals surface area contributed by atoms with Gasteiger partial charge in [-0.25, -0.2) is 13.2 Å². The minimum atomic E-state index is -2.62. The molecular weight excluding hydrogens is 251 g/mol. The summed E-state index contributed by atoms with van der Waals surface area (Å²) >= 11 is 0. The van der Waals surface area contributed by atoms with Gasteiger partial charge in [-0.3, -0.25) is 4.90 Å². The Morgan fingerprint density at radius 3 is 2.68 bits per heavy atom. The van der Waals surface area contributed by atoms with Gasteiger partial charge in [0, 0.05) is 31.5 Å². The Bertz CT molecular complexity index is 522. The van der Waals surface area contributed by atoms with Crippen LogP contribution in [0.3, 0.4) is 0 Å². The third-order valence-corrected chi connectivity index (χ3v) is 3.91. The fourth-order valence-electron chi connectivity index (χ4n) is 2.91. The van der Waals surface area contributed by atoms with E-state index in [4.69, 9.17) is 0 Å². The lowest BCUT2D eigenvalue weighted by atomic mass is 9.90. The molecule has 1 aliphatic carbocycles. The lowest BCUT2D eigenvalue weighted by Crippen LogP contribution is -2.27. The molecule has 1 aromatic rings. The van der Waals surface area contributed by atoms with Gasteiger partial charge < -0.3 is 0 Å². The van der Waals surface area contributed by atoms with E-state index in [1.165, 1.54) is 0 Å². The van der Waals surface area contributed by atoms with Crippen molar-refractivity contribution in [3.8, 4) is 0 Å². The van der Waals surface area contributed by atoms with Gasteiger partial charge in [-0.1, -0.05) is 24.3 Å². The number of halogens is 3. The second kappa shape index (κ2) is 4.67. The summed E-state index contributed by atoms with van der Waals surface area (Å²) in [6.45, 7) is 0.371. The van der Waals surface area contributed by atoms with Crippen molar-refractivity contribution in [3.05, 3.63) is 41.2 Å². The predicted octanol–water partition coefficient (Wildman–Crippen LogP) is 3.65. The van der Waals surface area contributed by atoms with Gasteiger partial charge >= 0.3 is 0 Å². The summed E-state index contributed by atoms with van der Waals surface area (Å²) in [4.78, 5) is 1.65. The molecule has 0 N–H and O–H groups in total. The maximum Gasteiger partial charge on any atom is 0.261 e. The molecule has 0 saturated carbocycles. The van der Waals surface area contributed by atoms with Crippen LogP contribution in [0.2, 0.25) is 0 Å². The number of hydrogen-bond donors (Lipinski definition) is 0. The zero-order chi connectivity index (χ0) is 13.5. The van der Waals surface area contributed by atoms with Crippen LogP contribution in [-0.4, -0.2) is 30.5 Å². The molecule has 0 atom stereocenters. The highest BCUT2D eigenvalue weighted by molar-refractivity contribution is 5.73. The molecule has 0 unspecified atom stereocenters. The zero-order valence-electron chi connectivity index (χ0n) is 10.6. The van der Waals surface area contributed by atoms with Crippen molar-refractivity contribution in [1.82, 2.24) is 4.90 Å². The standard InChI is InChI=1S/C15H16F3N/c16-14-6-5-11-3-1-2-4-12(11)13(14)9-19-8-7-15(17,18)10-19/h1-4H,5-10H2. The second-order valence-electron chi connectivity index (χ2n) is 5.36. The topological polar surface area (TPSA) is 3.24 Å². The number of nitrogens with zero attached hydrogens (tertiary/aromatic N) is 1. The van der Waals surface area contributed by atoms with Gasteiger partial charge in [0.15, 0.2) is 0 Å². The number of alkyl halides is 2. The third-order valence-electron chi connectivity index (χ3n) is 3.91. The normalized spacial score (nSPS) is 22.7. The van der Waals surface area contributed by atoms with Crippen molar-refractivity contribution in [2.45, 2.75) is 25.2 Å². The van der Waals surface area contributed by atoms with Crippen LogP contribution in [0.15, 0.2) is 30.1 Å². The number of fused-ring (bicyclic) bond motifs is 1. The first-order chi connectivity index (χ1) is 9.05. The van der Waals surface area contributed by atoms with Gasteiger partial charge in [0.25, 0.3) is 5.92 Å². The summed E-state index contributed by atoms with van der Waals surface area (Å²) in [7, 11) is 0. The van der Waals surface area contributed by atoms with E-state index < -0.39 is 5.92 Å². The average Bonchev–Trinajstić information content (AvgIpc) is 2.72. The van der Waals surface area contributed by atoms with E-state index in [1.54, 1.807) is 4.90 Å². The van der Waals surface area contributed by atoms with E-state index in [1.807, 2.05) is 24.3 Å². The summed E-state index contributed by atoms with van der Waals surface area (Å²) in [5.41, 5.74) is 2.60. The first kappa shape index (κ1) is 12.7. The van der Waals surface area contributed by atoms with Crippen LogP contribution < -0.4 is 0 Å². The molecule has 2 aliphatic rings. The summed E-state index contributed by atoms with van der Waals surface area (Å²) in [6, 6.07) is 7.68. The van der Waals surface area contributed by atoms with Crippen molar-refractivity contribution in [3.63, 3.8) is 0 Å². The minimum Gasteiger partial charge on any atom is -0.293 e. The van der Waals surface area contributed by atoms with E-state index in [0.717, 1.165) is 11.1 Å². The lowest BCUT2D eigenvalue weighted by molar-refractivity contribution is 0.0134. The maximum atomic E-state index is 14.0. The van der Waals surface area contributed by atoms with Gasteiger partial charge in [0.2, 0.25) is 0 Å². The van der Waals surface area contributed by atoms with E-state index in [2.05, 4.69) is 0 Å². The second-order valence-corrected chi connectivity index (χ2v) is 5.36. The largest absolute Gasteiger partial charge is 0.293 e. The van der Waals surface area contributed by atoms with Crippen LogP contribution in [0.25, 0.3) is 5.57 Å². The predicted molar refractivity (Wildman–Crippen MR) is 68.8 cm³/mol. The summed E-state index contributed by atoms with van der Waals surface area (Å²) in [6.07, 6.45) is 0.960. The Morgan fingerprint density at radius 1 is 1.16 bits per heavy atom. The smallest absolute Gasteiger partial charge is 0.261 e. The van der Waals surface area contributed by atoms with E-state index in [-0.39, 0.29) is 18.8 Å². The van der Waals surface area contributed by atoms with Gasteiger partial charge in [-0.2, -0.15) is 0 Å². The summed E-state index contributed by atoms with van der Waals surface area (Å²) in [5.74, 6) is -2.76. The fourth-order valence-corrected chi connectivity index (χ4v) is 2.91. The molecule has 1 saturated heterocycles. The number of rotatable bonds is 2. The fraction of sp³-hybridized carbons (Fsp3) is 0.467. The van der Waals surface area contributed by atoms with E-state index in [0.29, 0.717) is 31.5 Å². The molecule has 0 bridgehead atoms. The Balaban J connectivity index is 1.84. The molecule has 1 nitrogen and oxygen atoms in total. The van der Waals surface area contributed by atoms with Gasteiger partial charge in [-0.05, 0) is 17.5 Å². The number of hydrogen-bond acceptors (Lipinski definition) is 1. The van der Waals surface area contributed by atoms with Crippen molar-refractivity contribution in [2.24, 2.45) is 0 Å². The maximum absolute atomic E-state index is 14.0. The highest BCUT2D eigenvalue weighted by Crippen LogP contribution is 2.35. The SMILES string of the molecule is FC1=C(CN2CCC(F)(F)C2)c2ccccc2CC1. The number of aryl methyl sites for hydroxylation is 1. The van der Waals surface area contributed by atoms with Crippen LogP contribution >= 0.6 is 0 Å². The van der Waals surface area contributed by atoms with Crippen molar-refractivity contribution in [2.75, 3.05) is 19.6 Å². The molecule has 0 amide bonds. The highest BCUT2D eigenvalue weighted by Gasteiger charge is 2.38. The van der Waals surface area contributed by atoms with Gasteiger partial charge in [0.1, 0.15) is 5.83 Å². The van der Waals surface area contributed by atoms with Crippen LogP contribution in [0.4, 0.5) is 13.2 Å². The quantitative estimate of drug-likeness (QED) is 0.790. The summed E-state index contributed by atoms with van der Waals surface area (Å²) < 4.78 is 40.4. The lowest BCUT2D eigenvalue weighted by Gasteiger charge is -2.23. The first-order valence-electron chi connectivity index (χ1n) is 6.61. The van der Waals surface area contributed by atoms with E-state index in [9.17, 15) is 13.2 Å². The molecule has 0 radical (unpaired) electrons. The Labute approximate surface area is 110 Å². The van der Waals surface area contributed by atoms with Gasteiger partial charge in [0.05, 0.1) is 6.54 Å². The molecule has 4 heteroatoms. The molecule has 0 spiro atoms. The number of allylic oxidation sites excluding steroid dienone is 1. The molecular formula is C15H16F3N. The zero-order valence-corrected chi connectivity index (χ0v) is 10.6. The number of benzene rings is 1. The number of likely N-dealkylation sites (tertiary alicyclic amines) is 1. The molecule has 1 heterocycles. The highest BCUT2D eigenvalue weighted by atomic mass is 19.3. The van der Waals surface area contributed by atoms with Crippen LogP contribution in [0.5, 0.6) is 0 Å². The molecule has 1 aromatic carbocycles. The van der Waals surface area contributed by atoms with Crippen LogP contribution in [0, 0.1) is 0 Å². The Morgan fingerprint density at radius 2 is 1.95 bits per heavy atom. The van der Waals surface area contributed by atoms with Crippen molar-refractivity contribution < 1.29 is 13.2 Å². The minimum absolute atomic E-state index is 0.121. The van der Waals surface area contributed by atoms with Crippen LogP contribution in [0.1, 0.15) is 24.0 Å². The van der Waals surface area contributed by atoms with Gasteiger partial charge in [-0.15, -0.1) is 0 Å². The first-order valence-corrected chi connectivity index (χ1v) is 6.61. The molecule has 19 heavy (non-hydrogen) atoms.